The van der Waals surface area contributed by atoms with Gasteiger partial charge in [0.05, 0.1) is 29.4 Å². The molecule has 1 N–H and O–H groups in total. The Morgan fingerprint density at radius 3 is 2.62 bits per heavy atom. The normalized spacial score (nSPS) is 18.5. The molecule has 0 bridgehead atoms. The van der Waals surface area contributed by atoms with Crippen molar-refractivity contribution in [2.24, 2.45) is 0 Å². The highest BCUT2D eigenvalue weighted by Gasteiger charge is 2.56. The first kappa shape index (κ1) is 22.7. The summed E-state index contributed by atoms with van der Waals surface area (Å²) < 4.78 is 54.3. The Labute approximate surface area is 196 Å². The van der Waals surface area contributed by atoms with Crippen molar-refractivity contribution in [3.8, 4) is 0 Å². The molecule has 0 unspecified atom stereocenters. The number of anilines is 2. The van der Waals surface area contributed by atoms with Crippen LogP contribution in [0.25, 0.3) is 0 Å². The number of aromatic nitrogens is 3. The average molecular weight is 493 g/mol. The van der Waals surface area contributed by atoms with E-state index in [1.165, 1.54) is 29.8 Å². The third kappa shape index (κ3) is 3.52. The predicted octanol–water partition coefficient (Wildman–Crippen LogP) is 3.99. The number of benzene rings is 1. The first-order chi connectivity index (χ1) is 16.1. The minimum atomic E-state index is -4.80. The summed E-state index contributed by atoms with van der Waals surface area (Å²) in [7, 11) is 1.90. The summed E-state index contributed by atoms with van der Waals surface area (Å²) in [5, 5.41) is 4.83. The smallest absolute Gasteiger partial charge is 0.363 e. The number of hydrogen-bond acceptors (Lipinski definition) is 7. The first-order valence-electron chi connectivity index (χ1n) is 10.5. The van der Waals surface area contributed by atoms with E-state index in [0.717, 1.165) is 0 Å². The van der Waals surface area contributed by atoms with Crippen LogP contribution in [0.5, 0.6) is 0 Å². The lowest BCUT2D eigenvalue weighted by Crippen LogP contribution is -2.68. The third-order valence-electron chi connectivity index (χ3n) is 6.30. The van der Waals surface area contributed by atoms with Crippen LogP contribution in [0.2, 0.25) is 0 Å². The van der Waals surface area contributed by atoms with Crippen LogP contribution in [0, 0.1) is 5.82 Å². The summed E-state index contributed by atoms with van der Waals surface area (Å²) in [6.45, 7) is 2.64. The van der Waals surface area contributed by atoms with Crippen LogP contribution in [-0.4, -0.2) is 45.9 Å². The number of likely N-dealkylation sites (tertiary alicyclic amines) is 1. The topological polar surface area (TPSA) is 74.2 Å². The Balaban J connectivity index is 1.54. The number of carbonyl (C=O) groups is 1. The molecule has 3 aromatic rings. The molecule has 0 saturated carbocycles. The van der Waals surface area contributed by atoms with Gasteiger partial charge in [0.25, 0.3) is 0 Å². The van der Waals surface area contributed by atoms with Gasteiger partial charge in [-0.25, -0.2) is 19.3 Å². The standard InChI is InChI=1S/C22H20F4N6OS/c1-12(13-4-3-5-15(17(13)23)22(24,25)26)30-19-14-6-32(16-7-34-11-29-16)20(33)21(8-31(2)9-21)18(14)27-10-28-19/h3-5,7,10-12H,6,8-9H2,1-2H3,(H,27,28,30)/t12-/m1/s1. The van der Waals surface area contributed by atoms with Gasteiger partial charge < -0.3 is 10.2 Å². The fourth-order valence-electron chi connectivity index (χ4n) is 4.76. The van der Waals surface area contributed by atoms with Gasteiger partial charge in [-0.1, -0.05) is 12.1 Å². The van der Waals surface area contributed by atoms with Crippen LogP contribution in [0.1, 0.15) is 35.3 Å². The van der Waals surface area contributed by atoms with Gasteiger partial charge >= 0.3 is 6.18 Å². The van der Waals surface area contributed by atoms with E-state index >= 15 is 0 Å². The molecule has 12 heteroatoms. The highest BCUT2D eigenvalue weighted by Crippen LogP contribution is 2.44. The lowest BCUT2D eigenvalue weighted by Gasteiger charge is -2.51. The Hall–Kier alpha value is -3.12. The van der Waals surface area contributed by atoms with Crippen molar-refractivity contribution in [2.45, 2.75) is 31.1 Å². The van der Waals surface area contributed by atoms with E-state index in [1.54, 1.807) is 22.7 Å². The summed E-state index contributed by atoms with van der Waals surface area (Å²) >= 11 is 1.36. The van der Waals surface area contributed by atoms with Gasteiger partial charge in [0, 0.05) is 29.6 Å². The van der Waals surface area contributed by atoms with Gasteiger partial charge in [-0.15, -0.1) is 11.3 Å². The second kappa shape index (κ2) is 7.98. The second-order valence-electron chi connectivity index (χ2n) is 8.61. The number of nitrogens with one attached hydrogen (secondary N) is 1. The molecule has 2 aliphatic rings. The van der Waals surface area contributed by atoms with E-state index < -0.39 is 29.0 Å². The molecular weight excluding hydrogens is 472 g/mol. The molecule has 2 aromatic heterocycles. The number of likely N-dealkylation sites (N-methyl/N-ethyl adjacent to an activating group) is 1. The van der Waals surface area contributed by atoms with Gasteiger partial charge in [0.1, 0.15) is 29.2 Å². The lowest BCUT2D eigenvalue weighted by atomic mass is 9.71. The van der Waals surface area contributed by atoms with E-state index in [9.17, 15) is 22.4 Å². The SMILES string of the molecule is C[C@@H](Nc1ncnc2c1CN(c1cscn1)C(=O)C21CN(C)C1)c1cccc(C(F)(F)F)c1F. The van der Waals surface area contributed by atoms with Crippen LogP contribution in [0.15, 0.2) is 35.4 Å². The number of fused-ring (bicyclic) bond motifs is 2. The molecule has 7 nitrogen and oxygen atoms in total. The van der Waals surface area contributed by atoms with Crippen LogP contribution in [0.4, 0.5) is 29.2 Å². The van der Waals surface area contributed by atoms with Gasteiger partial charge in [0.2, 0.25) is 5.91 Å². The van der Waals surface area contributed by atoms with Crippen LogP contribution in [-0.2, 0) is 22.9 Å². The molecule has 4 heterocycles. The number of carbonyl (C=O) groups excluding carboxylic acids is 1. The Morgan fingerprint density at radius 2 is 1.97 bits per heavy atom. The molecule has 34 heavy (non-hydrogen) atoms. The van der Waals surface area contributed by atoms with Gasteiger partial charge in [-0.05, 0) is 20.0 Å². The van der Waals surface area contributed by atoms with E-state index in [2.05, 4.69) is 20.3 Å². The summed E-state index contributed by atoms with van der Waals surface area (Å²) in [4.78, 5) is 30.1. The third-order valence-corrected chi connectivity index (χ3v) is 6.87. The predicted molar refractivity (Wildman–Crippen MR) is 118 cm³/mol. The fraction of sp³-hybridized carbons (Fsp3) is 0.364. The summed E-state index contributed by atoms with van der Waals surface area (Å²) in [6, 6.07) is 2.37. The summed E-state index contributed by atoms with van der Waals surface area (Å²) in [5.74, 6) is -0.572. The highest BCUT2D eigenvalue weighted by molar-refractivity contribution is 7.07. The number of alkyl halides is 3. The number of halogens is 4. The molecule has 1 spiro atoms. The zero-order chi connectivity index (χ0) is 24.3. The average Bonchev–Trinajstić information content (AvgIpc) is 3.29. The second-order valence-corrected chi connectivity index (χ2v) is 9.33. The monoisotopic (exact) mass is 492 g/mol. The van der Waals surface area contributed by atoms with E-state index in [4.69, 9.17) is 0 Å². The molecule has 5 rings (SSSR count). The van der Waals surface area contributed by atoms with Crippen LogP contribution < -0.4 is 10.2 Å². The number of nitrogens with zero attached hydrogens (tertiary/aromatic N) is 5. The van der Waals surface area contributed by atoms with Gasteiger partial charge in [-0.2, -0.15) is 13.2 Å². The van der Waals surface area contributed by atoms with Crippen LogP contribution >= 0.6 is 11.3 Å². The van der Waals surface area contributed by atoms with Crippen molar-refractivity contribution in [3.05, 3.63) is 63.6 Å². The largest absolute Gasteiger partial charge is 0.419 e. The Kier molecular flexibility index (Phi) is 5.32. The van der Waals surface area contributed by atoms with Gasteiger partial charge in [-0.3, -0.25) is 9.69 Å². The van der Waals surface area contributed by atoms with E-state index in [0.29, 0.717) is 42.0 Å². The zero-order valence-electron chi connectivity index (χ0n) is 18.2. The minimum Gasteiger partial charge on any atom is -0.363 e. The summed E-state index contributed by atoms with van der Waals surface area (Å²) in [5.41, 5.74) is 0.537. The lowest BCUT2D eigenvalue weighted by molar-refractivity contribution is -0.140. The van der Waals surface area contributed by atoms with Crippen LogP contribution in [0.3, 0.4) is 0 Å². The van der Waals surface area contributed by atoms with Crippen molar-refractivity contribution in [1.82, 2.24) is 19.9 Å². The zero-order valence-corrected chi connectivity index (χ0v) is 19.0. The molecule has 1 fully saturated rings. The maximum Gasteiger partial charge on any atom is 0.419 e. The first-order valence-corrected chi connectivity index (χ1v) is 11.4. The molecule has 1 saturated heterocycles. The fourth-order valence-corrected chi connectivity index (χ4v) is 5.30. The van der Waals surface area contributed by atoms with Gasteiger partial charge in [0.15, 0.2) is 0 Å². The molecule has 178 valence electrons. The number of amides is 1. The highest BCUT2D eigenvalue weighted by atomic mass is 32.1. The number of rotatable bonds is 4. The molecule has 2 aliphatic heterocycles. The van der Waals surface area contributed by atoms with Crippen molar-refractivity contribution in [3.63, 3.8) is 0 Å². The molecule has 1 amide bonds. The van der Waals surface area contributed by atoms with E-state index in [-0.39, 0.29) is 18.0 Å². The van der Waals surface area contributed by atoms with Crippen molar-refractivity contribution in [2.75, 3.05) is 30.4 Å². The Morgan fingerprint density at radius 1 is 1.21 bits per heavy atom. The van der Waals surface area contributed by atoms with Crippen molar-refractivity contribution in [1.29, 1.82) is 0 Å². The number of thiazole rings is 1. The maximum atomic E-state index is 14.7. The molecule has 1 aromatic carbocycles. The molecule has 0 aliphatic carbocycles. The summed E-state index contributed by atoms with van der Waals surface area (Å²) in [6.07, 6.45) is -3.48. The quantitative estimate of drug-likeness (QED) is 0.556. The minimum absolute atomic E-state index is 0.106. The van der Waals surface area contributed by atoms with Crippen molar-refractivity contribution < 1.29 is 22.4 Å². The Bertz CT molecular complexity index is 1240. The van der Waals surface area contributed by atoms with E-state index in [1.807, 2.05) is 11.9 Å². The molecule has 0 radical (unpaired) electrons. The molecular formula is C22H20F4N6OS. The van der Waals surface area contributed by atoms with Crippen molar-refractivity contribution >= 4 is 28.9 Å². The number of hydrogen-bond donors (Lipinski definition) is 1. The maximum absolute atomic E-state index is 14.7. The molecule has 1 atom stereocenters.